The molecular formula is C24H30IN5O. The molecule has 1 N–H and O–H groups in total. The zero-order valence-corrected chi connectivity index (χ0v) is 20.3. The Bertz CT molecular complexity index is 921. The smallest absolute Gasteiger partial charge is 0.193 e. The molecule has 0 aliphatic carbocycles. The van der Waals surface area contributed by atoms with Crippen molar-refractivity contribution in [1.29, 1.82) is 0 Å². The van der Waals surface area contributed by atoms with E-state index in [0.29, 0.717) is 6.61 Å². The van der Waals surface area contributed by atoms with Gasteiger partial charge in [-0.3, -0.25) is 9.67 Å². The molecule has 0 bridgehead atoms. The number of aromatic nitrogens is 2. The van der Waals surface area contributed by atoms with Gasteiger partial charge >= 0.3 is 0 Å². The molecule has 1 saturated heterocycles. The molecule has 4 rings (SSSR count). The molecule has 0 saturated carbocycles. The quantitative estimate of drug-likeness (QED) is 0.309. The number of morpholine rings is 1. The molecule has 0 amide bonds. The molecule has 3 aromatic rings. The summed E-state index contributed by atoms with van der Waals surface area (Å²) in [5.74, 6) is 1.16. The Balaban J connectivity index is 0.00000272. The maximum atomic E-state index is 5.99. The van der Waals surface area contributed by atoms with Gasteiger partial charge in [0, 0.05) is 44.9 Å². The summed E-state index contributed by atoms with van der Waals surface area (Å²) < 4.78 is 7.80. The van der Waals surface area contributed by atoms with E-state index in [4.69, 9.17) is 4.74 Å². The molecule has 0 radical (unpaired) electrons. The molecule has 31 heavy (non-hydrogen) atoms. The van der Waals surface area contributed by atoms with Gasteiger partial charge in [-0.05, 0) is 11.1 Å². The molecule has 164 valence electrons. The standard InChI is InChI=1S/C24H29N5O.HI/c1-25-24(29-13-14-30-23(18-29)21-15-27-28(2)17-21)26-16-22(19-9-5-3-6-10-19)20-11-7-4-8-12-20;/h3-12,15,17,22-23H,13-14,16,18H2,1-2H3,(H,25,26);1H. The molecule has 1 aliphatic rings. The molecule has 1 unspecified atom stereocenters. The second kappa shape index (κ2) is 11.3. The number of halogens is 1. The summed E-state index contributed by atoms with van der Waals surface area (Å²) in [6, 6.07) is 21.3. The van der Waals surface area contributed by atoms with E-state index in [-0.39, 0.29) is 36.0 Å². The Morgan fingerprint density at radius 1 is 1.13 bits per heavy atom. The highest BCUT2D eigenvalue weighted by atomic mass is 127. The average molecular weight is 531 g/mol. The Kier molecular flexibility index (Phi) is 8.48. The predicted molar refractivity (Wildman–Crippen MR) is 135 cm³/mol. The summed E-state index contributed by atoms with van der Waals surface area (Å²) in [4.78, 5) is 6.83. The van der Waals surface area contributed by atoms with Crippen molar-refractivity contribution in [3.8, 4) is 0 Å². The Hall–Kier alpha value is -2.39. The first-order valence-corrected chi connectivity index (χ1v) is 10.4. The van der Waals surface area contributed by atoms with E-state index in [9.17, 15) is 0 Å². The van der Waals surface area contributed by atoms with Crippen LogP contribution in [0.25, 0.3) is 0 Å². The number of rotatable bonds is 5. The number of ether oxygens (including phenoxy) is 1. The maximum absolute atomic E-state index is 5.99. The van der Waals surface area contributed by atoms with Crippen LogP contribution < -0.4 is 5.32 Å². The lowest BCUT2D eigenvalue weighted by atomic mass is 9.91. The second-order valence-corrected chi connectivity index (χ2v) is 7.55. The van der Waals surface area contributed by atoms with Gasteiger partial charge < -0.3 is 15.0 Å². The monoisotopic (exact) mass is 531 g/mol. The van der Waals surface area contributed by atoms with Crippen LogP contribution in [0.5, 0.6) is 0 Å². The van der Waals surface area contributed by atoms with Crippen molar-refractivity contribution in [3.05, 3.63) is 89.7 Å². The van der Waals surface area contributed by atoms with Gasteiger partial charge in [0.25, 0.3) is 0 Å². The summed E-state index contributed by atoms with van der Waals surface area (Å²) >= 11 is 0. The Labute approximate surface area is 201 Å². The lowest BCUT2D eigenvalue weighted by Crippen LogP contribution is -2.49. The van der Waals surface area contributed by atoms with E-state index in [1.54, 1.807) is 0 Å². The number of guanidine groups is 1. The number of nitrogens with zero attached hydrogens (tertiary/aromatic N) is 4. The summed E-state index contributed by atoms with van der Waals surface area (Å²) in [6.07, 6.45) is 3.90. The molecule has 1 aliphatic heterocycles. The van der Waals surface area contributed by atoms with Gasteiger partial charge in [0.2, 0.25) is 0 Å². The molecule has 6 nitrogen and oxygen atoms in total. The maximum Gasteiger partial charge on any atom is 0.193 e. The third-order valence-corrected chi connectivity index (χ3v) is 5.54. The summed E-state index contributed by atoms with van der Waals surface area (Å²) in [7, 11) is 3.77. The van der Waals surface area contributed by atoms with E-state index in [1.807, 2.05) is 31.2 Å². The highest BCUT2D eigenvalue weighted by Crippen LogP contribution is 2.25. The van der Waals surface area contributed by atoms with Gasteiger partial charge in [0.05, 0.1) is 19.3 Å². The molecule has 2 aromatic carbocycles. The molecule has 2 heterocycles. The molecular weight excluding hydrogens is 501 g/mol. The van der Waals surface area contributed by atoms with Crippen LogP contribution >= 0.6 is 24.0 Å². The summed E-state index contributed by atoms with van der Waals surface area (Å²) in [6.45, 7) is 3.02. The third kappa shape index (κ3) is 5.86. The first-order chi connectivity index (χ1) is 14.7. The number of benzene rings is 2. The van der Waals surface area contributed by atoms with Gasteiger partial charge in [0.15, 0.2) is 5.96 Å². The van der Waals surface area contributed by atoms with Crippen molar-refractivity contribution in [1.82, 2.24) is 20.0 Å². The van der Waals surface area contributed by atoms with Crippen LogP contribution in [0.2, 0.25) is 0 Å². The van der Waals surface area contributed by atoms with Crippen LogP contribution in [-0.4, -0.2) is 53.9 Å². The van der Waals surface area contributed by atoms with Crippen molar-refractivity contribution in [2.24, 2.45) is 12.0 Å². The molecule has 1 aromatic heterocycles. The normalized spacial score (nSPS) is 16.8. The fraction of sp³-hybridized carbons (Fsp3) is 0.333. The fourth-order valence-electron chi connectivity index (χ4n) is 3.97. The lowest BCUT2D eigenvalue weighted by Gasteiger charge is -2.35. The average Bonchev–Trinajstić information content (AvgIpc) is 3.24. The lowest BCUT2D eigenvalue weighted by molar-refractivity contribution is -0.00802. The van der Waals surface area contributed by atoms with E-state index >= 15 is 0 Å². The van der Waals surface area contributed by atoms with Gasteiger partial charge in [-0.15, -0.1) is 24.0 Å². The van der Waals surface area contributed by atoms with Crippen LogP contribution in [0, 0.1) is 0 Å². The van der Waals surface area contributed by atoms with E-state index < -0.39 is 0 Å². The number of hydrogen-bond acceptors (Lipinski definition) is 3. The SMILES string of the molecule is CN=C(NCC(c1ccccc1)c1ccccc1)N1CCOC(c2cnn(C)c2)C1.I. The second-order valence-electron chi connectivity index (χ2n) is 7.55. The van der Waals surface area contributed by atoms with Crippen molar-refractivity contribution in [3.63, 3.8) is 0 Å². The minimum atomic E-state index is 0. The minimum Gasteiger partial charge on any atom is -0.370 e. The number of aryl methyl sites for hydroxylation is 1. The zero-order valence-electron chi connectivity index (χ0n) is 18.0. The Morgan fingerprint density at radius 2 is 1.77 bits per heavy atom. The first kappa shape index (κ1) is 23.3. The van der Waals surface area contributed by atoms with E-state index in [2.05, 4.69) is 81.0 Å². The predicted octanol–water partition coefficient (Wildman–Crippen LogP) is 3.82. The van der Waals surface area contributed by atoms with Gasteiger partial charge in [-0.25, -0.2) is 0 Å². The van der Waals surface area contributed by atoms with Crippen LogP contribution in [0.3, 0.4) is 0 Å². The van der Waals surface area contributed by atoms with Crippen molar-refractivity contribution >= 4 is 29.9 Å². The first-order valence-electron chi connectivity index (χ1n) is 10.4. The third-order valence-electron chi connectivity index (χ3n) is 5.54. The Morgan fingerprint density at radius 3 is 2.32 bits per heavy atom. The molecule has 7 heteroatoms. The van der Waals surface area contributed by atoms with Crippen molar-refractivity contribution in [2.45, 2.75) is 12.0 Å². The van der Waals surface area contributed by atoms with Crippen LogP contribution in [-0.2, 0) is 11.8 Å². The van der Waals surface area contributed by atoms with Crippen LogP contribution in [0.4, 0.5) is 0 Å². The highest BCUT2D eigenvalue weighted by molar-refractivity contribution is 14.0. The highest BCUT2D eigenvalue weighted by Gasteiger charge is 2.25. The molecule has 1 fully saturated rings. The van der Waals surface area contributed by atoms with Gasteiger partial charge in [-0.1, -0.05) is 60.7 Å². The van der Waals surface area contributed by atoms with Crippen LogP contribution in [0.1, 0.15) is 28.7 Å². The zero-order chi connectivity index (χ0) is 20.8. The molecule has 1 atom stereocenters. The molecule has 0 spiro atoms. The number of nitrogens with one attached hydrogen (secondary N) is 1. The fourth-order valence-corrected chi connectivity index (χ4v) is 3.97. The number of hydrogen-bond donors (Lipinski definition) is 1. The van der Waals surface area contributed by atoms with Crippen molar-refractivity contribution < 1.29 is 4.74 Å². The number of aliphatic imine (C=N–C) groups is 1. The summed E-state index contributed by atoms with van der Waals surface area (Å²) in [5.41, 5.74) is 3.69. The van der Waals surface area contributed by atoms with Gasteiger partial charge in [0.1, 0.15) is 6.10 Å². The van der Waals surface area contributed by atoms with E-state index in [1.165, 1.54) is 11.1 Å². The summed E-state index contributed by atoms with van der Waals surface area (Å²) in [5, 5.41) is 7.89. The van der Waals surface area contributed by atoms with Gasteiger partial charge in [-0.2, -0.15) is 5.10 Å². The largest absolute Gasteiger partial charge is 0.370 e. The van der Waals surface area contributed by atoms with Crippen LogP contribution in [0.15, 0.2) is 78.0 Å². The minimum absolute atomic E-state index is 0. The topological polar surface area (TPSA) is 54.7 Å². The van der Waals surface area contributed by atoms with Crippen molar-refractivity contribution in [2.75, 3.05) is 33.3 Å². The van der Waals surface area contributed by atoms with E-state index in [0.717, 1.165) is 31.2 Å².